The summed E-state index contributed by atoms with van der Waals surface area (Å²) in [6, 6.07) is 6.31. The minimum absolute atomic E-state index is 0.00519. The molecule has 24 heavy (non-hydrogen) atoms. The van der Waals surface area contributed by atoms with E-state index in [1.165, 1.54) is 7.11 Å². The number of hydrogen-bond donors (Lipinski definition) is 0. The van der Waals surface area contributed by atoms with Crippen LogP contribution < -0.4 is 0 Å². The van der Waals surface area contributed by atoms with Crippen molar-refractivity contribution in [3.05, 3.63) is 35.4 Å². The van der Waals surface area contributed by atoms with E-state index in [4.69, 9.17) is 14.2 Å². The lowest BCUT2D eigenvalue weighted by atomic mass is 10.1. The number of rotatable bonds is 13. The molecule has 0 radical (unpaired) electrons. The van der Waals surface area contributed by atoms with Crippen LogP contribution in [0.3, 0.4) is 0 Å². The van der Waals surface area contributed by atoms with Crippen molar-refractivity contribution in [2.75, 3.05) is 47.3 Å². The number of benzene rings is 1. The number of Topliss-reactive ketones (excluding diaryl/α,β-unsaturated/α-hetero) is 1. The fraction of sp³-hybridized carbons (Fsp3) is 0.556. The Hall–Kier alpha value is -1.76. The minimum atomic E-state index is -0.426. The number of esters is 1. The average molecular weight is 338 g/mol. The van der Waals surface area contributed by atoms with Crippen molar-refractivity contribution in [3.8, 4) is 0 Å². The van der Waals surface area contributed by atoms with E-state index in [9.17, 15) is 9.59 Å². The Labute approximate surface area is 143 Å². The topological polar surface area (TPSA) is 71.1 Å². The van der Waals surface area contributed by atoms with E-state index >= 15 is 0 Å². The van der Waals surface area contributed by atoms with Gasteiger partial charge in [-0.15, -0.1) is 0 Å². The molecule has 0 spiro atoms. The second-order valence-electron chi connectivity index (χ2n) is 5.21. The van der Waals surface area contributed by atoms with E-state index in [0.717, 1.165) is 25.9 Å². The summed E-state index contributed by atoms with van der Waals surface area (Å²) in [5.41, 5.74) is 0.913. The third-order valence-corrected chi connectivity index (χ3v) is 3.37. The Kier molecular flexibility index (Phi) is 10.7. The average Bonchev–Trinajstić information content (AvgIpc) is 2.62. The number of methoxy groups -OCH3 is 2. The molecular weight excluding hydrogens is 312 g/mol. The normalized spacial score (nSPS) is 10.6. The smallest absolute Gasteiger partial charge is 0.337 e. The first-order chi connectivity index (χ1) is 11.7. The van der Waals surface area contributed by atoms with Gasteiger partial charge in [0.25, 0.3) is 0 Å². The van der Waals surface area contributed by atoms with Crippen LogP contribution in [-0.4, -0.2) is 59.0 Å². The molecule has 134 valence electrons. The van der Waals surface area contributed by atoms with Crippen molar-refractivity contribution in [2.45, 2.75) is 19.3 Å². The van der Waals surface area contributed by atoms with Crippen LogP contribution in [-0.2, 0) is 18.9 Å². The van der Waals surface area contributed by atoms with Gasteiger partial charge in [0.1, 0.15) is 6.61 Å². The van der Waals surface area contributed by atoms with Gasteiger partial charge in [-0.3, -0.25) is 4.79 Å². The van der Waals surface area contributed by atoms with Crippen LogP contribution >= 0.6 is 0 Å². The largest absolute Gasteiger partial charge is 0.465 e. The zero-order chi connectivity index (χ0) is 17.6. The Balaban J connectivity index is 2.10. The molecule has 0 N–H and O–H groups in total. The molecule has 1 aromatic carbocycles. The number of ketones is 1. The fourth-order valence-electron chi connectivity index (χ4n) is 2.01. The van der Waals surface area contributed by atoms with E-state index in [1.807, 2.05) is 0 Å². The Morgan fingerprint density at radius 2 is 1.42 bits per heavy atom. The zero-order valence-electron chi connectivity index (χ0n) is 14.4. The SMILES string of the molecule is COCCCCCOCCOCC(=O)c1ccc(C(=O)OC)cc1. The van der Waals surface area contributed by atoms with Gasteiger partial charge in [-0.05, 0) is 31.4 Å². The van der Waals surface area contributed by atoms with Gasteiger partial charge in [-0.2, -0.15) is 0 Å². The third-order valence-electron chi connectivity index (χ3n) is 3.37. The monoisotopic (exact) mass is 338 g/mol. The first kappa shape index (κ1) is 20.3. The molecule has 0 aliphatic heterocycles. The van der Waals surface area contributed by atoms with Crippen LogP contribution in [0.5, 0.6) is 0 Å². The molecule has 0 atom stereocenters. The summed E-state index contributed by atoms with van der Waals surface area (Å²) in [5.74, 6) is -0.560. The highest BCUT2D eigenvalue weighted by Crippen LogP contribution is 2.07. The van der Waals surface area contributed by atoms with Crippen molar-refractivity contribution in [3.63, 3.8) is 0 Å². The molecule has 0 aromatic heterocycles. The second kappa shape index (κ2) is 12.6. The molecule has 6 nitrogen and oxygen atoms in total. The highest BCUT2D eigenvalue weighted by molar-refractivity contribution is 5.98. The van der Waals surface area contributed by atoms with Gasteiger partial charge in [0.15, 0.2) is 5.78 Å². The molecule has 1 rings (SSSR count). The number of hydrogen-bond acceptors (Lipinski definition) is 6. The van der Waals surface area contributed by atoms with Crippen LogP contribution in [0.25, 0.3) is 0 Å². The summed E-state index contributed by atoms with van der Waals surface area (Å²) in [4.78, 5) is 23.3. The van der Waals surface area contributed by atoms with Crippen LogP contribution in [0.1, 0.15) is 40.0 Å². The predicted octanol–water partition coefficient (Wildman–Crippen LogP) is 2.51. The molecular formula is C18H26O6. The summed E-state index contributed by atoms with van der Waals surface area (Å²) in [5, 5.41) is 0. The lowest BCUT2D eigenvalue weighted by Crippen LogP contribution is -2.13. The second-order valence-corrected chi connectivity index (χ2v) is 5.21. The van der Waals surface area contributed by atoms with Crippen LogP contribution in [0.2, 0.25) is 0 Å². The molecule has 0 aliphatic rings. The number of carbonyl (C=O) groups excluding carboxylic acids is 2. The van der Waals surface area contributed by atoms with E-state index < -0.39 is 5.97 Å². The first-order valence-electron chi connectivity index (χ1n) is 8.05. The van der Waals surface area contributed by atoms with Crippen molar-refractivity contribution < 1.29 is 28.5 Å². The Morgan fingerprint density at radius 1 is 0.792 bits per heavy atom. The summed E-state index contributed by atoms with van der Waals surface area (Å²) >= 11 is 0. The molecule has 0 heterocycles. The van der Waals surface area contributed by atoms with Crippen molar-refractivity contribution >= 4 is 11.8 Å². The molecule has 0 unspecified atom stereocenters. The maximum Gasteiger partial charge on any atom is 0.337 e. The van der Waals surface area contributed by atoms with Crippen molar-refractivity contribution in [2.24, 2.45) is 0 Å². The van der Waals surface area contributed by atoms with Crippen LogP contribution in [0.15, 0.2) is 24.3 Å². The molecule has 0 bridgehead atoms. The summed E-state index contributed by atoms with van der Waals surface area (Å²) in [7, 11) is 3.01. The highest BCUT2D eigenvalue weighted by atomic mass is 16.5. The minimum Gasteiger partial charge on any atom is -0.465 e. The van der Waals surface area contributed by atoms with Gasteiger partial charge in [0.2, 0.25) is 0 Å². The van der Waals surface area contributed by atoms with E-state index in [0.29, 0.717) is 30.9 Å². The van der Waals surface area contributed by atoms with E-state index in [2.05, 4.69) is 4.74 Å². The first-order valence-corrected chi connectivity index (χ1v) is 8.05. The van der Waals surface area contributed by atoms with Crippen molar-refractivity contribution in [1.82, 2.24) is 0 Å². The molecule has 1 aromatic rings. The number of ether oxygens (including phenoxy) is 4. The van der Waals surface area contributed by atoms with E-state index in [-0.39, 0.29) is 12.4 Å². The maximum absolute atomic E-state index is 11.9. The van der Waals surface area contributed by atoms with Gasteiger partial charge in [-0.25, -0.2) is 4.79 Å². The van der Waals surface area contributed by atoms with Gasteiger partial charge >= 0.3 is 5.97 Å². The Morgan fingerprint density at radius 3 is 2.08 bits per heavy atom. The van der Waals surface area contributed by atoms with Gasteiger partial charge in [-0.1, -0.05) is 12.1 Å². The Bertz CT molecular complexity index is 483. The summed E-state index contributed by atoms with van der Waals surface area (Å²) < 4.78 is 20.3. The fourth-order valence-corrected chi connectivity index (χ4v) is 2.01. The number of carbonyl (C=O) groups is 2. The predicted molar refractivity (Wildman–Crippen MR) is 89.5 cm³/mol. The standard InChI is InChI=1S/C18H26O6/c1-21-10-4-3-5-11-23-12-13-24-14-17(19)15-6-8-16(9-7-15)18(20)22-2/h6-9H,3-5,10-14H2,1-2H3. The molecule has 6 heteroatoms. The lowest BCUT2D eigenvalue weighted by Gasteiger charge is -2.06. The lowest BCUT2D eigenvalue weighted by molar-refractivity contribution is 0.0426. The summed E-state index contributed by atoms with van der Waals surface area (Å²) in [6.45, 7) is 2.32. The van der Waals surface area contributed by atoms with Gasteiger partial charge < -0.3 is 18.9 Å². The molecule has 0 amide bonds. The highest BCUT2D eigenvalue weighted by Gasteiger charge is 2.09. The molecule has 0 aliphatic carbocycles. The van der Waals surface area contributed by atoms with Crippen molar-refractivity contribution in [1.29, 1.82) is 0 Å². The molecule has 0 fully saturated rings. The summed E-state index contributed by atoms with van der Waals surface area (Å²) in [6.07, 6.45) is 3.11. The molecule has 0 saturated heterocycles. The van der Waals surface area contributed by atoms with E-state index in [1.54, 1.807) is 31.4 Å². The maximum atomic E-state index is 11.9. The quantitative estimate of drug-likeness (QED) is 0.313. The molecule has 0 saturated carbocycles. The number of unbranched alkanes of at least 4 members (excludes halogenated alkanes) is 2. The zero-order valence-corrected chi connectivity index (χ0v) is 14.4. The third kappa shape index (κ3) is 8.19. The van der Waals surface area contributed by atoms with Gasteiger partial charge in [0.05, 0.1) is 25.9 Å². The van der Waals surface area contributed by atoms with Crippen LogP contribution in [0, 0.1) is 0 Å². The van der Waals surface area contributed by atoms with Gasteiger partial charge in [0, 0.05) is 25.9 Å². The van der Waals surface area contributed by atoms with Crippen LogP contribution in [0.4, 0.5) is 0 Å².